The van der Waals surface area contributed by atoms with Crippen LogP contribution in [0.2, 0.25) is 0 Å². The fourth-order valence-electron chi connectivity index (χ4n) is 4.65. The number of nitrogens with zero attached hydrogens (tertiary/aromatic N) is 6. The van der Waals surface area contributed by atoms with Gasteiger partial charge >= 0.3 is 0 Å². The van der Waals surface area contributed by atoms with Crippen LogP contribution in [0.3, 0.4) is 0 Å². The predicted molar refractivity (Wildman–Crippen MR) is 143 cm³/mol. The highest BCUT2D eigenvalue weighted by Crippen LogP contribution is 2.28. The summed E-state index contributed by atoms with van der Waals surface area (Å²) in [5, 5.41) is 11.7. The molecule has 1 saturated heterocycles. The molecule has 1 unspecified atom stereocenters. The third-order valence-corrected chi connectivity index (χ3v) is 6.66. The molecule has 2 N–H and O–H groups in total. The van der Waals surface area contributed by atoms with Crippen molar-refractivity contribution < 1.29 is 18.7 Å². The zero-order chi connectivity index (χ0) is 28.0. The molecule has 1 atom stereocenters. The summed E-state index contributed by atoms with van der Waals surface area (Å²) in [7, 11) is 1.56. The number of amides is 2. The van der Waals surface area contributed by atoms with Gasteiger partial charge in [0.2, 0.25) is 17.8 Å². The molecule has 3 aromatic heterocycles. The number of H-pyrrole nitrogens is 1. The van der Waals surface area contributed by atoms with Gasteiger partial charge in [-0.05, 0) is 55.5 Å². The first kappa shape index (κ1) is 25.0. The number of carbonyl (C=O) groups is 2. The molecule has 1 aliphatic rings. The zero-order valence-electron chi connectivity index (χ0n) is 21.5. The van der Waals surface area contributed by atoms with Gasteiger partial charge < -0.3 is 15.0 Å². The van der Waals surface area contributed by atoms with E-state index < -0.39 is 17.3 Å². The normalized spacial score (nSPS) is 15.1. The van der Waals surface area contributed by atoms with E-state index in [0.717, 1.165) is 0 Å². The van der Waals surface area contributed by atoms with E-state index in [1.165, 1.54) is 39.8 Å². The number of aromatic nitrogens is 6. The highest BCUT2D eigenvalue weighted by Gasteiger charge is 2.35. The first-order chi connectivity index (χ1) is 19.3. The highest BCUT2D eigenvalue weighted by molar-refractivity contribution is 6.03. The number of aromatic amines is 1. The zero-order valence-corrected chi connectivity index (χ0v) is 21.5. The molecule has 2 amide bonds. The second-order valence-electron chi connectivity index (χ2n) is 9.34. The van der Waals surface area contributed by atoms with E-state index in [1.54, 1.807) is 49.3 Å². The monoisotopic (exact) mass is 542 g/mol. The van der Waals surface area contributed by atoms with Gasteiger partial charge in [0.05, 0.1) is 30.6 Å². The summed E-state index contributed by atoms with van der Waals surface area (Å²) < 4.78 is 21.3. The van der Waals surface area contributed by atoms with Crippen molar-refractivity contribution in [1.29, 1.82) is 0 Å². The van der Waals surface area contributed by atoms with Gasteiger partial charge in [0.25, 0.3) is 5.56 Å². The second kappa shape index (κ2) is 9.76. The lowest BCUT2D eigenvalue weighted by molar-refractivity contribution is -0.122. The van der Waals surface area contributed by atoms with Crippen molar-refractivity contribution in [1.82, 2.24) is 29.5 Å². The molecular weight excluding hydrogens is 519 g/mol. The number of carbonyl (C=O) groups excluding carboxylic acids is 2. The fourth-order valence-corrected chi connectivity index (χ4v) is 4.65. The molecule has 13 heteroatoms. The molecule has 12 nitrogen and oxygen atoms in total. The molecule has 5 aromatic rings. The topological polar surface area (TPSA) is 140 Å². The molecule has 0 radical (unpaired) electrons. The average molecular weight is 543 g/mol. The third kappa shape index (κ3) is 4.46. The van der Waals surface area contributed by atoms with Gasteiger partial charge in [-0.2, -0.15) is 19.9 Å². The highest BCUT2D eigenvalue weighted by atomic mass is 19.1. The van der Waals surface area contributed by atoms with E-state index in [4.69, 9.17) is 4.74 Å². The van der Waals surface area contributed by atoms with E-state index in [9.17, 15) is 18.8 Å². The van der Waals surface area contributed by atoms with Gasteiger partial charge in [-0.25, -0.2) is 9.07 Å². The average Bonchev–Trinajstić information content (AvgIpc) is 3.66. The third-order valence-electron chi connectivity index (χ3n) is 6.66. The Hall–Kier alpha value is -5.33. The Labute approximate surface area is 226 Å². The van der Waals surface area contributed by atoms with Crippen LogP contribution in [0.25, 0.3) is 22.7 Å². The van der Waals surface area contributed by atoms with Crippen LogP contribution in [0.1, 0.15) is 12.1 Å². The second-order valence-corrected chi connectivity index (χ2v) is 9.34. The van der Waals surface area contributed by atoms with Crippen molar-refractivity contribution in [3.05, 3.63) is 82.7 Å². The fraction of sp³-hybridized carbons (Fsp3) is 0.185. The van der Waals surface area contributed by atoms with E-state index in [2.05, 4.69) is 25.5 Å². The number of halogens is 1. The van der Waals surface area contributed by atoms with E-state index in [-0.39, 0.29) is 47.6 Å². The van der Waals surface area contributed by atoms with Crippen molar-refractivity contribution in [3.63, 3.8) is 0 Å². The van der Waals surface area contributed by atoms with Crippen molar-refractivity contribution in [2.45, 2.75) is 13.3 Å². The van der Waals surface area contributed by atoms with Gasteiger partial charge in [0, 0.05) is 24.7 Å². The SMILES string of the molecule is COc1ccc(N2CC(C(=O)Nc3cc(C)nn3-c3nc4c(cnn4-c4ccc(F)cc4)c(=O)[nH]3)CC2=O)cc1. The standard InChI is InChI=1S/C27H23FN8O4/c1-15-11-22(30-25(38)16-12-23(37)34(14-16)18-7-9-20(40-2)10-8-18)36(33-15)27-31-24-21(26(39)32-27)13-29-35(24)19-5-3-17(28)4-6-19/h3-11,13,16H,12,14H2,1-2H3,(H,30,38)(H,31,32,39). The van der Waals surface area contributed by atoms with Gasteiger partial charge in [0.1, 0.15) is 22.8 Å². The maximum atomic E-state index is 13.4. The predicted octanol–water partition coefficient (Wildman–Crippen LogP) is 2.74. The molecule has 4 heterocycles. The first-order valence-electron chi connectivity index (χ1n) is 12.4. The lowest BCUT2D eigenvalue weighted by atomic mass is 10.1. The molecule has 2 aromatic carbocycles. The van der Waals surface area contributed by atoms with Crippen LogP contribution in [0, 0.1) is 18.7 Å². The largest absolute Gasteiger partial charge is 0.497 e. The molecule has 6 rings (SSSR count). The number of benzene rings is 2. The summed E-state index contributed by atoms with van der Waals surface area (Å²) in [6.07, 6.45) is 1.42. The van der Waals surface area contributed by atoms with Crippen LogP contribution in [-0.4, -0.2) is 55.0 Å². The van der Waals surface area contributed by atoms with E-state index >= 15 is 0 Å². The van der Waals surface area contributed by atoms with Crippen molar-refractivity contribution in [3.8, 4) is 17.4 Å². The van der Waals surface area contributed by atoms with Crippen LogP contribution in [-0.2, 0) is 9.59 Å². The number of hydrogen-bond donors (Lipinski definition) is 2. The van der Waals surface area contributed by atoms with Crippen LogP contribution >= 0.6 is 0 Å². The molecule has 40 heavy (non-hydrogen) atoms. The van der Waals surface area contributed by atoms with Crippen LogP contribution in [0.4, 0.5) is 15.9 Å². The minimum atomic E-state index is -0.604. The molecule has 202 valence electrons. The van der Waals surface area contributed by atoms with Gasteiger partial charge in [-0.3, -0.25) is 19.4 Å². The maximum Gasteiger partial charge on any atom is 0.263 e. The van der Waals surface area contributed by atoms with Crippen molar-refractivity contribution in [2.24, 2.45) is 5.92 Å². The van der Waals surface area contributed by atoms with Crippen molar-refractivity contribution >= 4 is 34.4 Å². The summed E-state index contributed by atoms with van der Waals surface area (Å²) in [5.41, 5.74) is 1.52. The minimum Gasteiger partial charge on any atom is -0.497 e. The smallest absolute Gasteiger partial charge is 0.263 e. The van der Waals surface area contributed by atoms with Gasteiger partial charge in [-0.15, -0.1) is 0 Å². The Bertz CT molecular complexity index is 1810. The Morgan fingerprint density at radius 2 is 1.80 bits per heavy atom. The summed E-state index contributed by atoms with van der Waals surface area (Å²) in [5.74, 6) is -0.562. The number of methoxy groups -OCH3 is 1. The molecule has 0 saturated carbocycles. The number of aryl methyl sites for hydroxylation is 1. The molecular formula is C27H23FN8O4. The van der Waals surface area contributed by atoms with Gasteiger partial charge in [-0.1, -0.05) is 0 Å². The summed E-state index contributed by atoms with van der Waals surface area (Å²) in [6.45, 7) is 1.94. The van der Waals surface area contributed by atoms with Crippen LogP contribution in [0.5, 0.6) is 5.75 Å². The molecule has 0 bridgehead atoms. The Kier molecular flexibility index (Phi) is 6.10. The Balaban J connectivity index is 1.28. The molecule has 1 fully saturated rings. The quantitative estimate of drug-likeness (QED) is 0.336. The number of ether oxygens (including phenoxy) is 1. The first-order valence-corrected chi connectivity index (χ1v) is 12.4. The Morgan fingerprint density at radius 1 is 1.07 bits per heavy atom. The number of hydrogen-bond acceptors (Lipinski definition) is 7. The minimum absolute atomic E-state index is 0.0445. The summed E-state index contributed by atoms with van der Waals surface area (Å²) in [4.78, 5) is 47.6. The van der Waals surface area contributed by atoms with Crippen LogP contribution < -0.4 is 20.5 Å². The lowest BCUT2D eigenvalue weighted by Crippen LogP contribution is -2.28. The summed E-state index contributed by atoms with van der Waals surface area (Å²) in [6, 6.07) is 14.3. The van der Waals surface area contributed by atoms with Crippen molar-refractivity contribution in [2.75, 3.05) is 23.9 Å². The molecule has 1 aliphatic heterocycles. The lowest BCUT2D eigenvalue weighted by Gasteiger charge is -2.17. The summed E-state index contributed by atoms with van der Waals surface area (Å²) >= 11 is 0. The number of fused-ring (bicyclic) bond motifs is 1. The molecule has 0 aliphatic carbocycles. The van der Waals surface area contributed by atoms with Gasteiger partial charge in [0.15, 0.2) is 5.65 Å². The van der Waals surface area contributed by atoms with E-state index in [0.29, 0.717) is 22.8 Å². The maximum absolute atomic E-state index is 13.4. The Morgan fingerprint density at radius 3 is 2.52 bits per heavy atom. The van der Waals surface area contributed by atoms with E-state index in [1.807, 2.05) is 0 Å². The van der Waals surface area contributed by atoms with Crippen LogP contribution in [0.15, 0.2) is 65.6 Å². The number of anilines is 2. The number of nitrogens with one attached hydrogen (secondary N) is 2. The number of rotatable bonds is 6. The molecule has 0 spiro atoms.